The van der Waals surface area contributed by atoms with E-state index in [-0.39, 0.29) is 0 Å². The van der Waals surface area contributed by atoms with Gasteiger partial charge in [-0.1, -0.05) is 0 Å². The lowest BCUT2D eigenvalue weighted by molar-refractivity contribution is 0.520. The number of aromatic nitrogens is 4. The topological polar surface area (TPSA) is 35.6 Å². The van der Waals surface area contributed by atoms with Crippen molar-refractivity contribution in [2.75, 3.05) is 0 Å². The van der Waals surface area contributed by atoms with Gasteiger partial charge in [0.05, 0.1) is 16.7 Å². The summed E-state index contributed by atoms with van der Waals surface area (Å²) in [6, 6.07) is 2.43. The van der Waals surface area contributed by atoms with Crippen LogP contribution >= 0.6 is 38.5 Å². The fraction of sp³-hybridized carbons (Fsp3) is 0.400. The lowest BCUT2D eigenvalue weighted by Crippen LogP contribution is -2.05. The molecule has 0 aliphatic heterocycles. The van der Waals surface area contributed by atoms with Gasteiger partial charge in [0.25, 0.3) is 0 Å². The SMILES string of the molecule is CC(C)n1ccc(Cn2cc(Br)c(I)n2)n1. The van der Waals surface area contributed by atoms with Crippen molar-refractivity contribution in [3.8, 4) is 0 Å². The lowest BCUT2D eigenvalue weighted by Gasteiger charge is -2.03. The second-order valence-corrected chi connectivity index (χ2v) is 5.72. The van der Waals surface area contributed by atoms with E-state index < -0.39 is 0 Å². The van der Waals surface area contributed by atoms with E-state index in [9.17, 15) is 0 Å². The van der Waals surface area contributed by atoms with Gasteiger partial charge in [-0.05, 0) is 58.4 Å². The van der Waals surface area contributed by atoms with Crippen LogP contribution in [0, 0.1) is 3.70 Å². The Morgan fingerprint density at radius 2 is 2.19 bits per heavy atom. The predicted molar refractivity (Wildman–Crippen MR) is 74.4 cm³/mol. The Morgan fingerprint density at radius 1 is 1.44 bits per heavy atom. The summed E-state index contributed by atoms with van der Waals surface area (Å²) in [5, 5.41) is 8.85. The van der Waals surface area contributed by atoms with Crippen molar-refractivity contribution in [2.45, 2.75) is 26.4 Å². The van der Waals surface area contributed by atoms with Crippen molar-refractivity contribution in [3.05, 3.63) is 32.3 Å². The first-order chi connectivity index (χ1) is 7.56. The summed E-state index contributed by atoms with van der Waals surface area (Å²) in [6.07, 6.45) is 3.97. The monoisotopic (exact) mass is 394 g/mol. The standard InChI is InChI=1S/C10H12BrIN4/c1-7(2)16-4-3-8(13-16)5-15-6-9(11)10(12)14-15/h3-4,6-7H,5H2,1-2H3. The first kappa shape index (κ1) is 12.1. The van der Waals surface area contributed by atoms with Crippen molar-refractivity contribution in [1.82, 2.24) is 19.6 Å². The first-order valence-corrected chi connectivity index (χ1v) is 6.86. The van der Waals surface area contributed by atoms with Crippen molar-refractivity contribution >= 4 is 38.5 Å². The van der Waals surface area contributed by atoms with Gasteiger partial charge in [-0.25, -0.2) is 0 Å². The van der Waals surface area contributed by atoms with E-state index in [1.807, 2.05) is 27.8 Å². The molecule has 0 aliphatic carbocycles. The molecule has 0 atom stereocenters. The maximum absolute atomic E-state index is 4.48. The van der Waals surface area contributed by atoms with Gasteiger partial charge in [0.1, 0.15) is 3.70 Å². The Hall–Kier alpha value is -0.370. The minimum Gasteiger partial charge on any atom is -0.270 e. The molecule has 2 rings (SSSR count). The summed E-state index contributed by atoms with van der Waals surface area (Å²) in [5.74, 6) is 0. The number of hydrogen-bond donors (Lipinski definition) is 0. The van der Waals surface area contributed by atoms with Gasteiger partial charge in [-0.3, -0.25) is 9.36 Å². The molecular weight excluding hydrogens is 383 g/mol. The maximum atomic E-state index is 4.48. The number of rotatable bonds is 3. The Balaban J connectivity index is 2.14. The molecule has 0 saturated carbocycles. The fourth-order valence-electron chi connectivity index (χ4n) is 1.37. The molecule has 86 valence electrons. The van der Waals surface area contributed by atoms with Gasteiger partial charge < -0.3 is 0 Å². The number of hydrogen-bond acceptors (Lipinski definition) is 2. The Bertz CT molecular complexity index is 469. The summed E-state index contributed by atoms with van der Waals surface area (Å²) in [4.78, 5) is 0. The molecule has 0 fully saturated rings. The van der Waals surface area contributed by atoms with Crippen LogP contribution in [-0.4, -0.2) is 19.6 Å². The zero-order valence-electron chi connectivity index (χ0n) is 9.06. The Kier molecular flexibility index (Phi) is 3.68. The molecule has 0 unspecified atom stereocenters. The second-order valence-electron chi connectivity index (χ2n) is 3.85. The molecule has 0 aromatic carbocycles. The zero-order valence-corrected chi connectivity index (χ0v) is 12.8. The highest BCUT2D eigenvalue weighted by Crippen LogP contribution is 2.17. The number of nitrogens with zero attached hydrogens (tertiary/aromatic N) is 4. The van der Waals surface area contributed by atoms with Gasteiger partial charge >= 0.3 is 0 Å². The molecule has 16 heavy (non-hydrogen) atoms. The summed E-state index contributed by atoms with van der Waals surface area (Å²) < 4.78 is 5.84. The van der Waals surface area contributed by atoms with E-state index in [4.69, 9.17) is 0 Å². The zero-order chi connectivity index (χ0) is 11.7. The maximum Gasteiger partial charge on any atom is 0.137 e. The summed E-state index contributed by atoms with van der Waals surface area (Å²) in [5.41, 5.74) is 1.03. The van der Waals surface area contributed by atoms with Crippen LogP contribution in [0.1, 0.15) is 25.6 Å². The highest BCUT2D eigenvalue weighted by atomic mass is 127. The normalized spacial score (nSPS) is 11.3. The molecule has 0 saturated heterocycles. The quantitative estimate of drug-likeness (QED) is 0.750. The van der Waals surface area contributed by atoms with E-state index >= 15 is 0 Å². The van der Waals surface area contributed by atoms with Gasteiger partial charge in [-0.15, -0.1) is 0 Å². The van der Waals surface area contributed by atoms with E-state index in [1.54, 1.807) is 0 Å². The van der Waals surface area contributed by atoms with Crippen LogP contribution in [0.4, 0.5) is 0 Å². The minimum atomic E-state index is 0.401. The summed E-state index contributed by atoms with van der Waals surface area (Å²) >= 11 is 5.64. The average Bonchev–Trinajstić information content (AvgIpc) is 2.76. The van der Waals surface area contributed by atoms with E-state index in [2.05, 4.69) is 62.6 Å². The molecule has 0 spiro atoms. The van der Waals surface area contributed by atoms with Crippen LogP contribution in [0.2, 0.25) is 0 Å². The average molecular weight is 395 g/mol. The molecule has 0 radical (unpaired) electrons. The van der Waals surface area contributed by atoms with Gasteiger partial charge in [-0.2, -0.15) is 10.2 Å². The summed E-state index contributed by atoms with van der Waals surface area (Å²) in [6.45, 7) is 4.94. The molecule has 2 aromatic heterocycles. The largest absolute Gasteiger partial charge is 0.270 e. The van der Waals surface area contributed by atoms with Crippen molar-refractivity contribution in [2.24, 2.45) is 0 Å². The molecule has 6 heteroatoms. The van der Waals surface area contributed by atoms with Gasteiger partial charge in [0, 0.05) is 18.4 Å². The molecular formula is C10H12BrIN4. The van der Waals surface area contributed by atoms with Crippen LogP contribution in [0.15, 0.2) is 22.9 Å². The van der Waals surface area contributed by atoms with Crippen LogP contribution in [-0.2, 0) is 6.54 Å². The minimum absolute atomic E-state index is 0.401. The fourth-order valence-corrected chi connectivity index (χ4v) is 2.10. The third-order valence-electron chi connectivity index (χ3n) is 2.19. The highest BCUT2D eigenvalue weighted by Gasteiger charge is 2.06. The second kappa shape index (κ2) is 4.87. The summed E-state index contributed by atoms with van der Waals surface area (Å²) in [7, 11) is 0. The molecule has 2 heterocycles. The van der Waals surface area contributed by atoms with E-state index in [0.717, 1.165) is 13.9 Å². The van der Waals surface area contributed by atoms with Crippen molar-refractivity contribution in [1.29, 1.82) is 0 Å². The molecule has 0 bridgehead atoms. The third kappa shape index (κ3) is 2.65. The Morgan fingerprint density at radius 3 is 2.69 bits per heavy atom. The first-order valence-electron chi connectivity index (χ1n) is 4.98. The van der Waals surface area contributed by atoms with Crippen molar-refractivity contribution in [3.63, 3.8) is 0 Å². The molecule has 2 aromatic rings. The Labute approximate surface area is 116 Å². The lowest BCUT2D eigenvalue weighted by atomic mass is 10.4. The molecule has 4 nitrogen and oxygen atoms in total. The molecule has 0 aliphatic rings. The molecule has 0 amide bonds. The smallest absolute Gasteiger partial charge is 0.137 e. The van der Waals surface area contributed by atoms with Crippen molar-refractivity contribution < 1.29 is 0 Å². The van der Waals surface area contributed by atoms with Gasteiger partial charge in [0.15, 0.2) is 0 Å². The van der Waals surface area contributed by atoms with Crippen LogP contribution in [0.25, 0.3) is 0 Å². The number of halogens is 2. The van der Waals surface area contributed by atoms with Crippen LogP contribution in [0.3, 0.4) is 0 Å². The third-order valence-corrected chi connectivity index (χ3v) is 4.31. The van der Waals surface area contributed by atoms with E-state index in [0.29, 0.717) is 12.6 Å². The predicted octanol–water partition coefficient (Wildman–Crippen LogP) is 3.08. The molecule has 0 N–H and O–H groups in total. The van der Waals surface area contributed by atoms with Crippen LogP contribution < -0.4 is 0 Å². The van der Waals surface area contributed by atoms with E-state index in [1.165, 1.54) is 0 Å². The van der Waals surface area contributed by atoms with Gasteiger partial charge in [0.2, 0.25) is 0 Å². The van der Waals surface area contributed by atoms with Crippen LogP contribution in [0.5, 0.6) is 0 Å². The highest BCUT2D eigenvalue weighted by molar-refractivity contribution is 14.1.